The van der Waals surface area contributed by atoms with Crippen molar-refractivity contribution in [3.63, 3.8) is 0 Å². The zero-order chi connectivity index (χ0) is 11.5. The van der Waals surface area contributed by atoms with Crippen LogP contribution in [0.5, 0.6) is 0 Å². The molecular formula is C14H30O. The molecule has 0 radical (unpaired) electrons. The summed E-state index contributed by atoms with van der Waals surface area (Å²) in [6, 6.07) is 0. The van der Waals surface area contributed by atoms with Crippen molar-refractivity contribution in [3.8, 4) is 0 Å². The highest BCUT2D eigenvalue weighted by molar-refractivity contribution is 4.48. The average Bonchev–Trinajstić information content (AvgIpc) is 2.14. The monoisotopic (exact) mass is 214 g/mol. The molecule has 0 aromatic heterocycles. The molecule has 0 rings (SSSR count). The third-order valence-corrected chi connectivity index (χ3v) is 2.64. The van der Waals surface area contributed by atoms with Gasteiger partial charge in [-0.25, -0.2) is 0 Å². The molecule has 0 saturated carbocycles. The second-order valence-electron chi connectivity index (χ2n) is 5.39. The first-order valence-electron chi connectivity index (χ1n) is 6.70. The third kappa shape index (κ3) is 14.0. The Kier molecular flexibility index (Phi) is 10.4. The number of ether oxygens (including phenoxy) is 1. The summed E-state index contributed by atoms with van der Waals surface area (Å²) < 4.78 is 5.59. The van der Waals surface area contributed by atoms with Crippen LogP contribution in [0.2, 0.25) is 0 Å². The van der Waals surface area contributed by atoms with E-state index in [1.54, 1.807) is 0 Å². The van der Waals surface area contributed by atoms with Gasteiger partial charge in [-0.2, -0.15) is 0 Å². The fourth-order valence-electron chi connectivity index (χ4n) is 1.63. The van der Waals surface area contributed by atoms with Crippen molar-refractivity contribution in [1.82, 2.24) is 0 Å². The summed E-state index contributed by atoms with van der Waals surface area (Å²) in [6.07, 6.45) is 7.84. The SMILES string of the molecule is CC(C)CCCCCOCCCC(C)C. The van der Waals surface area contributed by atoms with E-state index in [-0.39, 0.29) is 0 Å². The third-order valence-electron chi connectivity index (χ3n) is 2.64. The molecule has 15 heavy (non-hydrogen) atoms. The summed E-state index contributed by atoms with van der Waals surface area (Å²) in [5, 5.41) is 0. The van der Waals surface area contributed by atoms with Crippen LogP contribution < -0.4 is 0 Å². The quantitative estimate of drug-likeness (QED) is 0.481. The van der Waals surface area contributed by atoms with E-state index in [1.807, 2.05) is 0 Å². The van der Waals surface area contributed by atoms with Gasteiger partial charge in [0.05, 0.1) is 0 Å². The van der Waals surface area contributed by atoms with Crippen LogP contribution >= 0.6 is 0 Å². The van der Waals surface area contributed by atoms with Crippen LogP contribution in [0, 0.1) is 11.8 Å². The number of rotatable bonds is 10. The maximum Gasteiger partial charge on any atom is 0.0466 e. The van der Waals surface area contributed by atoms with Crippen molar-refractivity contribution >= 4 is 0 Å². The molecule has 0 fully saturated rings. The lowest BCUT2D eigenvalue weighted by Crippen LogP contribution is -1.99. The summed E-state index contributed by atoms with van der Waals surface area (Å²) in [7, 11) is 0. The predicted octanol–water partition coefficient (Wildman–Crippen LogP) is 4.66. The number of unbranched alkanes of at least 4 members (excludes halogenated alkanes) is 2. The van der Waals surface area contributed by atoms with Crippen molar-refractivity contribution in [3.05, 3.63) is 0 Å². The summed E-state index contributed by atoms with van der Waals surface area (Å²) >= 11 is 0. The molecule has 0 unspecified atom stereocenters. The van der Waals surface area contributed by atoms with Crippen LogP contribution in [0.1, 0.15) is 66.2 Å². The van der Waals surface area contributed by atoms with E-state index in [1.165, 1.54) is 38.5 Å². The molecule has 0 aliphatic carbocycles. The molecule has 0 aliphatic heterocycles. The smallest absolute Gasteiger partial charge is 0.0466 e. The van der Waals surface area contributed by atoms with Gasteiger partial charge >= 0.3 is 0 Å². The summed E-state index contributed by atoms with van der Waals surface area (Å²) in [5.74, 6) is 1.68. The first-order chi connectivity index (χ1) is 7.13. The van der Waals surface area contributed by atoms with Crippen LogP contribution in [-0.4, -0.2) is 13.2 Å². The largest absolute Gasteiger partial charge is 0.381 e. The Morgan fingerprint density at radius 2 is 1.20 bits per heavy atom. The van der Waals surface area contributed by atoms with E-state index in [9.17, 15) is 0 Å². The molecule has 1 nitrogen and oxygen atoms in total. The Bertz CT molecular complexity index is 105. The minimum atomic E-state index is 0.819. The molecule has 92 valence electrons. The molecule has 0 amide bonds. The van der Waals surface area contributed by atoms with Crippen LogP contribution in [-0.2, 0) is 4.74 Å². The Hall–Kier alpha value is -0.0400. The molecule has 0 saturated heterocycles. The molecule has 0 aromatic rings. The zero-order valence-corrected chi connectivity index (χ0v) is 11.2. The van der Waals surface area contributed by atoms with Crippen molar-refractivity contribution in [2.75, 3.05) is 13.2 Å². The van der Waals surface area contributed by atoms with Gasteiger partial charge in [0.1, 0.15) is 0 Å². The van der Waals surface area contributed by atoms with Crippen molar-refractivity contribution < 1.29 is 4.74 Å². The molecule has 0 atom stereocenters. The highest BCUT2D eigenvalue weighted by Crippen LogP contribution is 2.08. The molecule has 0 aromatic carbocycles. The molecule has 0 heterocycles. The van der Waals surface area contributed by atoms with E-state index < -0.39 is 0 Å². The summed E-state index contributed by atoms with van der Waals surface area (Å²) in [4.78, 5) is 0. The lowest BCUT2D eigenvalue weighted by molar-refractivity contribution is 0.123. The van der Waals surface area contributed by atoms with Crippen LogP contribution in [0.3, 0.4) is 0 Å². The van der Waals surface area contributed by atoms with Crippen LogP contribution in [0.15, 0.2) is 0 Å². The molecule has 0 aliphatic rings. The number of hydrogen-bond donors (Lipinski definition) is 0. The molecule has 0 N–H and O–H groups in total. The van der Waals surface area contributed by atoms with E-state index in [2.05, 4.69) is 27.7 Å². The maximum atomic E-state index is 5.59. The molecular weight excluding hydrogens is 184 g/mol. The van der Waals surface area contributed by atoms with Gasteiger partial charge in [0.2, 0.25) is 0 Å². The van der Waals surface area contributed by atoms with Gasteiger partial charge in [-0.3, -0.25) is 0 Å². The molecule has 0 bridgehead atoms. The van der Waals surface area contributed by atoms with Crippen molar-refractivity contribution in [2.45, 2.75) is 66.2 Å². The highest BCUT2D eigenvalue weighted by atomic mass is 16.5. The first-order valence-corrected chi connectivity index (χ1v) is 6.70. The fourth-order valence-corrected chi connectivity index (χ4v) is 1.63. The van der Waals surface area contributed by atoms with E-state index in [0.717, 1.165) is 25.0 Å². The van der Waals surface area contributed by atoms with Crippen molar-refractivity contribution in [1.29, 1.82) is 0 Å². The topological polar surface area (TPSA) is 9.23 Å². The van der Waals surface area contributed by atoms with Crippen LogP contribution in [0.4, 0.5) is 0 Å². The summed E-state index contributed by atoms with van der Waals surface area (Å²) in [5.41, 5.74) is 0. The summed E-state index contributed by atoms with van der Waals surface area (Å²) in [6.45, 7) is 11.1. The van der Waals surface area contributed by atoms with E-state index in [0.29, 0.717) is 0 Å². The second kappa shape index (κ2) is 10.5. The van der Waals surface area contributed by atoms with Gasteiger partial charge in [-0.15, -0.1) is 0 Å². The Labute approximate surface area is 96.6 Å². The van der Waals surface area contributed by atoms with Gasteiger partial charge in [0.25, 0.3) is 0 Å². The minimum absolute atomic E-state index is 0.819. The fraction of sp³-hybridized carbons (Fsp3) is 1.00. The van der Waals surface area contributed by atoms with E-state index in [4.69, 9.17) is 4.74 Å². The lowest BCUT2D eigenvalue weighted by Gasteiger charge is -2.06. The molecule has 0 spiro atoms. The van der Waals surface area contributed by atoms with Gasteiger partial charge in [0.15, 0.2) is 0 Å². The number of hydrogen-bond acceptors (Lipinski definition) is 1. The Morgan fingerprint density at radius 3 is 1.80 bits per heavy atom. The second-order valence-corrected chi connectivity index (χ2v) is 5.39. The first kappa shape index (κ1) is 15.0. The Balaban J connectivity index is 2.93. The van der Waals surface area contributed by atoms with Gasteiger partial charge in [-0.05, 0) is 31.1 Å². The van der Waals surface area contributed by atoms with Gasteiger partial charge < -0.3 is 4.74 Å². The minimum Gasteiger partial charge on any atom is -0.381 e. The van der Waals surface area contributed by atoms with Gasteiger partial charge in [-0.1, -0.05) is 47.0 Å². The average molecular weight is 214 g/mol. The normalized spacial score (nSPS) is 11.6. The van der Waals surface area contributed by atoms with Crippen molar-refractivity contribution in [2.24, 2.45) is 11.8 Å². The Morgan fingerprint density at radius 1 is 0.667 bits per heavy atom. The van der Waals surface area contributed by atoms with Crippen LogP contribution in [0.25, 0.3) is 0 Å². The molecule has 1 heteroatoms. The zero-order valence-electron chi connectivity index (χ0n) is 11.2. The lowest BCUT2D eigenvalue weighted by atomic mass is 10.1. The maximum absolute atomic E-state index is 5.59. The predicted molar refractivity (Wildman–Crippen MR) is 68.2 cm³/mol. The van der Waals surface area contributed by atoms with Gasteiger partial charge in [0, 0.05) is 13.2 Å². The highest BCUT2D eigenvalue weighted by Gasteiger charge is 1.96. The van der Waals surface area contributed by atoms with E-state index >= 15 is 0 Å². The standard InChI is InChI=1S/C14H30O/c1-13(2)9-6-5-7-11-15-12-8-10-14(3)4/h13-14H,5-12H2,1-4H3.